The summed E-state index contributed by atoms with van der Waals surface area (Å²) in [6.45, 7) is 1.18. The van der Waals surface area contributed by atoms with Gasteiger partial charge in [-0.3, -0.25) is 14.3 Å². The summed E-state index contributed by atoms with van der Waals surface area (Å²) in [7, 11) is 3.22. The third-order valence-electron chi connectivity index (χ3n) is 3.60. The molecule has 1 aliphatic rings. The Kier molecular flexibility index (Phi) is 4.55. The lowest BCUT2D eigenvalue weighted by atomic mass is 9.97. The lowest BCUT2D eigenvalue weighted by molar-refractivity contribution is -0.148. The minimum Gasteiger partial charge on any atom is -0.469 e. The smallest absolute Gasteiger partial charge is 0.308 e. The van der Waals surface area contributed by atoms with Gasteiger partial charge < -0.3 is 9.64 Å². The molecule has 0 N–H and O–H groups in total. The van der Waals surface area contributed by atoms with Gasteiger partial charge in [0.1, 0.15) is 0 Å². The molecule has 1 amide bonds. The summed E-state index contributed by atoms with van der Waals surface area (Å²) in [5.41, 5.74) is 0.878. The summed E-state index contributed by atoms with van der Waals surface area (Å²) >= 11 is 0. The predicted octanol–water partition coefficient (Wildman–Crippen LogP) is 0.845. The quantitative estimate of drug-likeness (QED) is 0.607. The summed E-state index contributed by atoms with van der Waals surface area (Å²) in [6.07, 6.45) is 6.32. The molecule has 1 aromatic heterocycles. The topological polar surface area (TPSA) is 64.4 Å². The predicted molar refractivity (Wildman–Crippen MR) is 73.6 cm³/mol. The van der Waals surface area contributed by atoms with Gasteiger partial charge in [-0.05, 0) is 25.0 Å². The van der Waals surface area contributed by atoms with E-state index in [9.17, 15) is 9.59 Å². The first-order valence-electron chi connectivity index (χ1n) is 6.64. The van der Waals surface area contributed by atoms with E-state index >= 15 is 0 Å². The lowest BCUT2D eigenvalue weighted by Crippen LogP contribution is -2.39. The number of carbonyl (C=O) groups excluding carboxylic acids is 2. The van der Waals surface area contributed by atoms with Crippen molar-refractivity contribution < 1.29 is 14.3 Å². The highest BCUT2D eigenvalue weighted by Gasteiger charge is 2.26. The fourth-order valence-corrected chi connectivity index (χ4v) is 2.31. The van der Waals surface area contributed by atoms with Crippen LogP contribution < -0.4 is 0 Å². The van der Waals surface area contributed by atoms with Crippen molar-refractivity contribution in [1.29, 1.82) is 0 Å². The Morgan fingerprint density at radius 1 is 1.40 bits per heavy atom. The van der Waals surface area contributed by atoms with Crippen LogP contribution in [0.5, 0.6) is 0 Å². The summed E-state index contributed by atoms with van der Waals surface area (Å²) in [5.74, 6) is -0.290. The molecule has 0 spiro atoms. The first-order chi connectivity index (χ1) is 9.61. The number of methoxy groups -OCH3 is 1. The lowest BCUT2D eigenvalue weighted by Gasteiger charge is -2.29. The summed E-state index contributed by atoms with van der Waals surface area (Å²) in [6, 6.07) is 1.84. The molecule has 1 saturated heterocycles. The van der Waals surface area contributed by atoms with Gasteiger partial charge in [-0.25, -0.2) is 0 Å². The first-order valence-corrected chi connectivity index (χ1v) is 6.64. The summed E-state index contributed by atoms with van der Waals surface area (Å²) in [4.78, 5) is 25.2. The Balaban J connectivity index is 1.88. The monoisotopic (exact) mass is 277 g/mol. The van der Waals surface area contributed by atoms with Crippen LogP contribution in [0.2, 0.25) is 0 Å². The molecule has 6 nitrogen and oxygen atoms in total. The number of hydrogen-bond acceptors (Lipinski definition) is 4. The minimum atomic E-state index is -0.178. The van der Waals surface area contributed by atoms with Crippen molar-refractivity contribution in [3.63, 3.8) is 0 Å². The van der Waals surface area contributed by atoms with Crippen molar-refractivity contribution in [3.8, 4) is 0 Å². The number of rotatable bonds is 3. The molecule has 0 bridgehead atoms. The zero-order chi connectivity index (χ0) is 14.5. The second kappa shape index (κ2) is 6.36. The first kappa shape index (κ1) is 14.3. The van der Waals surface area contributed by atoms with E-state index in [1.54, 1.807) is 27.9 Å². The molecule has 0 saturated carbocycles. The number of hydrogen-bond donors (Lipinski definition) is 0. The molecule has 0 atom stereocenters. The van der Waals surface area contributed by atoms with Crippen LogP contribution in [0, 0.1) is 5.92 Å². The maximum absolute atomic E-state index is 12.0. The van der Waals surface area contributed by atoms with Crippen LogP contribution in [0.1, 0.15) is 18.5 Å². The standard InChI is InChI=1S/C14H19N3O3/c1-16-12(5-8-15-16)3-4-13(18)17-9-6-11(7-10-17)14(19)20-2/h3-5,8,11H,6-7,9-10H2,1-2H3/b4-3+. The van der Waals surface area contributed by atoms with Crippen LogP contribution in [0.25, 0.3) is 6.08 Å². The van der Waals surface area contributed by atoms with Crippen molar-refractivity contribution >= 4 is 18.0 Å². The third-order valence-corrected chi connectivity index (χ3v) is 3.60. The largest absolute Gasteiger partial charge is 0.469 e. The molecule has 2 heterocycles. The maximum Gasteiger partial charge on any atom is 0.308 e. The zero-order valence-corrected chi connectivity index (χ0v) is 11.8. The van der Waals surface area contributed by atoms with Crippen molar-refractivity contribution in [2.75, 3.05) is 20.2 Å². The van der Waals surface area contributed by atoms with E-state index in [1.807, 2.05) is 13.1 Å². The van der Waals surface area contributed by atoms with Gasteiger partial charge in [0.15, 0.2) is 0 Å². The zero-order valence-electron chi connectivity index (χ0n) is 11.8. The van der Waals surface area contributed by atoms with E-state index < -0.39 is 0 Å². The fraction of sp³-hybridized carbons (Fsp3) is 0.500. The van der Waals surface area contributed by atoms with E-state index in [0.29, 0.717) is 25.9 Å². The van der Waals surface area contributed by atoms with Gasteiger partial charge in [-0.2, -0.15) is 5.10 Å². The third kappa shape index (κ3) is 3.26. The molecule has 1 aromatic rings. The number of aryl methyl sites for hydroxylation is 1. The van der Waals surface area contributed by atoms with Gasteiger partial charge >= 0.3 is 5.97 Å². The fourth-order valence-electron chi connectivity index (χ4n) is 2.31. The molecule has 0 aromatic carbocycles. The highest BCUT2D eigenvalue weighted by Crippen LogP contribution is 2.18. The molecule has 20 heavy (non-hydrogen) atoms. The Morgan fingerprint density at radius 2 is 2.10 bits per heavy atom. The van der Waals surface area contributed by atoms with Gasteiger partial charge in [0.05, 0.1) is 18.7 Å². The number of carbonyl (C=O) groups is 2. The number of nitrogens with zero attached hydrogens (tertiary/aromatic N) is 3. The highest BCUT2D eigenvalue weighted by molar-refractivity contribution is 5.91. The average Bonchev–Trinajstić information content (AvgIpc) is 2.89. The van der Waals surface area contributed by atoms with Crippen molar-refractivity contribution in [2.45, 2.75) is 12.8 Å². The molecular weight excluding hydrogens is 258 g/mol. The number of esters is 1. The van der Waals surface area contributed by atoms with Crippen LogP contribution in [-0.2, 0) is 21.4 Å². The number of ether oxygens (including phenoxy) is 1. The molecule has 6 heteroatoms. The van der Waals surface area contributed by atoms with E-state index in [0.717, 1.165) is 5.69 Å². The Morgan fingerprint density at radius 3 is 2.65 bits per heavy atom. The van der Waals surface area contributed by atoms with E-state index in [2.05, 4.69) is 5.10 Å². The molecule has 108 valence electrons. The van der Waals surface area contributed by atoms with Crippen LogP contribution in [0.15, 0.2) is 18.3 Å². The molecular formula is C14H19N3O3. The van der Waals surface area contributed by atoms with Crippen molar-refractivity contribution in [1.82, 2.24) is 14.7 Å². The van der Waals surface area contributed by atoms with Gasteiger partial charge in [-0.1, -0.05) is 0 Å². The highest BCUT2D eigenvalue weighted by atomic mass is 16.5. The second-order valence-corrected chi connectivity index (χ2v) is 4.84. The Hall–Kier alpha value is -2.11. The Bertz CT molecular complexity index is 513. The minimum absolute atomic E-state index is 0.0329. The summed E-state index contributed by atoms with van der Waals surface area (Å²) < 4.78 is 6.43. The number of amides is 1. The molecule has 2 rings (SSSR count). The van der Waals surface area contributed by atoms with E-state index in [-0.39, 0.29) is 17.8 Å². The normalized spacial score (nSPS) is 16.6. The average molecular weight is 277 g/mol. The Labute approximate surface area is 118 Å². The van der Waals surface area contributed by atoms with Gasteiger partial charge in [0, 0.05) is 32.4 Å². The SMILES string of the molecule is COC(=O)C1CCN(C(=O)/C=C/c2ccnn2C)CC1. The van der Waals surface area contributed by atoms with Crippen LogP contribution in [-0.4, -0.2) is 46.8 Å². The molecule has 0 aliphatic carbocycles. The van der Waals surface area contributed by atoms with Crippen LogP contribution >= 0.6 is 0 Å². The second-order valence-electron chi connectivity index (χ2n) is 4.84. The van der Waals surface area contributed by atoms with Crippen LogP contribution in [0.3, 0.4) is 0 Å². The van der Waals surface area contributed by atoms with Crippen LogP contribution in [0.4, 0.5) is 0 Å². The number of likely N-dealkylation sites (tertiary alicyclic amines) is 1. The van der Waals surface area contributed by atoms with Gasteiger partial charge in [0.2, 0.25) is 5.91 Å². The van der Waals surface area contributed by atoms with Gasteiger partial charge in [-0.15, -0.1) is 0 Å². The molecule has 1 fully saturated rings. The summed E-state index contributed by atoms with van der Waals surface area (Å²) in [5, 5.41) is 4.03. The van der Waals surface area contributed by atoms with Crippen molar-refractivity contribution in [3.05, 3.63) is 24.0 Å². The molecule has 0 radical (unpaired) electrons. The number of aromatic nitrogens is 2. The maximum atomic E-state index is 12.0. The van der Waals surface area contributed by atoms with Crippen molar-refractivity contribution in [2.24, 2.45) is 13.0 Å². The van der Waals surface area contributed by atoms with Gasteiger partial charge in [0.25, 0.3) is 0 Å². The number of piperidine rings is 1. The molecule has 1 aliphatic heterocycles. The van der Waals surface area contributed by atoms with E-state index in [4.69, 9.17) is 4.74 Å². The molecule has 0 unspecified atom stereocenters. The van der Waals surface area contributed by atoms with E-state index in [1.165, 1.54) is 7.11 Å².